The Morgan fingerprint density at radius 3 is 2.60 bits per heavy atom. The molecule has 0 spiro atoms. The van der Waals surface area contributed by atoms with Crippen LogP contribution >= 0.6 is 15.9 Å². The minimum Gasteiger partial charge on any atom is -0.212 e. The van der Waals surface area contributed by atoms with E-state index in [0.29, 0.717) is 5.92 Å². The Morgan fingerprint density at radius 2 is 2.13 bits per heavy atom. The van der Waals surface area contributed by atoms with Crippen molar-refractivity contribution in [1.29, 1.82) is 0 Å². The van der Waals surface area contributed by atoms with Crippen molar-refractivity contribution in [2.75, 3.05) is 4.66 Å². The molecule has 0 saturated heterocycles. The van der Waals surface area contributed by atoms with Gasteiger partial charge in [-0.25, -0.2) is 13.1 Å². The van der Waals surface area contributed by atoms with Crippen molar-refractivity contribution in [3.05, 3.63) is 0 Å². The van der Waals surface area contributed by atoms with Crippen molar-refractivity contribution < 1.29 is 8.42 Å². The lowest BCUT2D eigenvalue weighted by Crippen LogP contribution is -2.40. The summed E-state index contributed by atoms with van der Waals surface area (Å²) in [5, 5.41) is 0. The Balaban J connectivity index is 1.95. The standard InChI is InChI=1S/C10H18BrNO2S/c1-7(12-15(13,14)6-11)10-5-8-2-3-9(10)4-8/h7-10,12H,2-6H2,1H3. The van der Waals surface area contributed by atoms with Crippen LogP contribution in [-0.4, -0.2) is 19.1 Å². The van der Waals surface area contributed by atoms with Crippen LogP contribution in [0.15, 0.2) is 0 Å². The third-order valence-electron chi connectivity index (χ3n) is 3.94. The van der Waals surface area contributed by atoms with Crippen molar-refractivity contribution in [3.8, 4) is 0 Å². The first-order valence-corrected chi connectivity index (χ1v) is 8.35. The van der Waals surface area contributed by atoms with Gasteiger partial charge < -0.3 is 0 Å². The van der Waals surface area contributed by atoms with Gasteiger partial charge in [-0.1, -0.05) is 22.4 Å². The molecule has 2 aliphatic carbocycles. The fourth-order valence-electron chi connectivity index (χ4n) is 3.31. The average molecular weight is 296 g/mol. The van der Waals surface area contributed by atoms with E-state index in [1.165, 1.54) is 25.7 Å². The topological polar surface area (TPSA) is 46.2 Å². The van der Waals surface area contributed by atoms with Crippen LogP contribution in [-0.2, 0) is 10.0 Å². The summed E-state index contributed by atoms with van der Waals surface area (Å²) in [6, 6.07) is 0.0999. The van der Waals surface area contributed by atoms with Crippen molar-refractivity contribution in [2.24, 2.45) is 17.8 Å². The van der Waals surface area contributed by atoms with Crippen LogP contribution in [0, 0.1) is 17.8 Å². The van der Waals surface area contributed by atoms with Crippen molar-refractivity contribution >= 4 is 26.0 Å². The monoisotopic (exact) mass is 295 g/mol. The van der Waals surface area contributed by atoms with Gasteiger partial charge in [-0.15, -0.1) is 0 Å². The van der Waals surface area contributed by atoms with Crippen LogP contribution in [0.25, 0.3) is 0 Å². The molecule has 4 unspecified atom stereocenters. The van der Waals surface area contributed by atoms with Crippen LogP contribution in [0.1, 0.15) is 32.6 Å². The predicted molar refractivity (Wildman–Crippen MR) is 64.2 cm³/mol. The summed E-state index contributed by atoms with van der Waals surface area (Å²) >= 11 is 3.00. The van der Waals surface area contributed by atoms with Crippen molar-refractivity contribution in [1.82, 2.24) is 4.72 Å². The minimum atomic E-state index is -3.11. The number of nitrogens with one attached hydrogen (secondary N) is 1. The molecule has 0 heterocycles. The van der Waals surface area contributed by atoms with Gasteiger partial charge in [-0.3, -0.25) is 0 Å². The largest absolute Gasteiger partial charge is 0.221 e. The van der Waals surface area contributed by atoms with E-state index in [4.69, 9.17) is 0 Å². The normalized spacial score (nSPS) is 37.1. The number of fused-ring (bicyclic) bond motifs is 2. The molecule has 2 aliphatic rings. The molecule has 0 aromatic heterocycles. The van der Waals surface area contributed by atoms with Crippen LogP contribution in [0.3, 0.4) is 0 Å². The van der Waals surface area contributed by atoms with Crippen LogP contribution in [0.5, 0.6) is 0 Å². The molecule has 15 heavy (non-hydrogen) atoms. The van der Waals surface area contributed by atoms with Gasteiger partial charge in [0.25, 0.3) is 0 Å². The second-order valence-corrected chi connectivity index (χ2v) is 8.03. The van der Waals surface area contributed by atoms with E-state index in [-0.39, 0.29) is 10.7 Å². The van der Waals surface area contributed by atoms with E-state index >= 15 is 0 Å². The van der Waals surface area contributed by atoms with Gasteiger partial charge in [0.05, 0.1) is 0 Å². The molecule has 0 aromatic carbocycles. The van der Waals surface area contributed by atoms with E-state index < -0.39 is 10.0 Å². The summed E-state index contributed by atoms with van der Waals surface area (Å²) in [7, 11) is -3.11. The van der Waals surface area contributed by atoms with Crippen LogP contribution < -0.4 is 4.72 Å². The third-order valence-corrected chi connectivity index (χ3v) is 6.77. The lowest BCUT2D eigenvalue weighted by Gasteiger charge is -2.28. The summed E-state index contributed by atoms with van der Waals surface area (Å²) in [5.41, 5.74) is 0. The number of alkyl halides is 1. The van der Waals surface area contributed by atoms with E-state index in [0.717, 1.165) is 11.8 Å². The van der Waals surface area contributed by atoms with Gasteiger partial charge in [-0.2, -0.15) is 0 Å². The Morgan fingerprint density at radius 1 is 1.40 bits per heavy atom. The first kappa shape index (κ1) is 11.9. The zero-order valence-corrected chi connectivity index (χ0v) is 11.4. The first-order valence-electron chi connectivity index (χ1n) is 5.58. The summed E-state index contributed by atoms with van der Waals surface area (Å²) < 4.78 is 25.6. The zero-order chi connectivity index (χ0) is 11.1. The maximum atomic E-state index is 11.4. The molecule has 1 N–H and O–H groups in total. The smallest absolute Gasteiger partial charge is 0.212 e. The molecule has 0 amide bonds. The first-order chi connectivity index (χ1) is 7.02. The number of halogens is 1. The van der Waals surface area contributed by atoms with Crippen LogP contribution in [0.4, 0.5) is 0 Å². The lowest BCUT2D eigenvalue weighted by atomic mass is 9.84. The molecule has 0 aromatic rings. The Kier molecular flexibility index (Phi) is 3.43. The van der Waals surface area contributed by atoms with Gasteiger partial charge in [-0.05, 0) is 43.9 Å². The summed E-state index contributed by atoms with van der Waals surface area (Å²) in [6.45, 7) is 2.01. The maximum Gasteiger partial charge on any atom is 0.221 e. The predicted octanol–water partition coefficient (Wildman–Crippen LogP) is 2.08. The molecule has 5 heteroatoms. The SMILES string of the molecule is CC(NS(=O)(=O)CBr)C1CC2CCC1C2. The molecule has 2 fully saturated rings. The summed E-state index contributed by atoms with van der Waals surface area (Å²) in [6.07, 6.45) is 5.20. The van der Waals surface area contributed by atoms with Gasteiger partial charge >= 0.3 is 0 Å². The Labute approximate surface area is 100 Å². The van der Waals surface area contributed by atoms with E-state index in [1.54, 1.807) is 0 Å². The molecular formula is C10H18BrNO2S. The molecule has 88 valence electrons. The molecule has 0 aliphatic heterocycles. The summed E-state index contributed by atoms with van der Waals surface area (Å²) in [5.74, 6) is 2.21. The van der Waals surface area contributed by atoms with E-state index in [9.17, 15) is 8.42 Å². The van der Waals surface area contributed by atoms with E-state index in [2.05, 4.69) is 20.7 Å². The lowest BCUT2D eigenvalue weighted by molar-refractivity contribution is 0.280. The highest BCUT2D eigenvalue weighted by molar-refractivity contribution is 9.10. The number of sulfonamides is 1. The fourth-order valence-corrected chi connectivity index (χ4v) is 4.51. The third kappa shape index (κ3) is 2.56. The summed E-state index contributed by atoms with van der Waals surface area (Å²) in [4.78, 5) is 0. The minimum absolute atomic E-state index is 0.00511. The molecule has 2 bridgehead atoms. The van der Waals surface area contributed by atoms with Crippen molar-refractivity contribution in [2.45, 2.75) is 38.6 Å². The molecule has 2 saturated carbocycles. The van der Waals surface area contributed by atoms with Gasteiger partial charge in [0.2, 0.25) is 10.0 Å². The van der Waals surface area contributed by atoms with Crippen molar-refractivity contribution in [3.63, 3.8) is 0 Å². The van der Waals surface area contributed by atoms with E-state index in [1.807, 2.05) is 6.92 Å². The highest BCUT2D eigenvalue weighted by Crippen LogP contribution is 2.49. The van der Waals surface area contributed by atoms with Gasteiger partial charge in [0.1, 0.15) is 4.66 Å². The Hall–Kier alpha value is 0.390. The second kappa shape index (κ2) is 4.34. The second-order valence-electron chi connectivity index (χ2n) is 4.97. The fraction of sp³-hybridized carbons (Fsp3) is 1.00. The molecule has 0 radical (unpaired) electrons. The number of hydrogen-bond donors (Lipinski definition) is 1. The van der Waals surface area contributed by atoms with Gasteiger partial charge in [0.15, 0.2) is 0 Å². The highest BCUT2D eigenvalue weighted by atomic mass is 79.9. The number of rotatable bonds is 4. The zero-order valence-electron chi connectivity index (χ0n) is 8.95. The average Bonchev–Trinajstić information content (AvgIpc) is 2.78. The molecule has 4 atom stereocenters. The molecular weight excluding hydrogens is 278 g/mol. The van der Waals surface area contributed by atoms with Gasteiger partial charge in [0, 0.05) is 6.04 Å². The highest BCUT2D eigenvalue weighted by Gasteiger charge is 2.42. The quantitative estimate of drug-likeness (QED) is 0.807. The Bertz CT molecular complexity index is 330. The van der Waals surface area contributed by atoms with Crippen LogP contribution in [0.2, 0.25) is 0 Å². The molecule has 3 nitrogen and oxygen atoms in total. The molecule has 2 rings (SSSR count). The number of hydrogen-bond acceptors (Lipinski definition) is 2. The maximum absolute atomic E-state index is 11.4.